The molecular formula is C18H21NO2. The second-order valence-corrected chi connectivity index (χ2v) is 5.00. The van der Waals surface area contributed by atoms with Gasteiger partial charge in [0.05, 0.1) is 0 Å². The number of hydrogen-bond acceptors (Lipinski definition) is 3. The van der Waals surface area contributed by atoms with Gasteiger partial charge < -0.3 is 10.5 Å². The lowest BCUT2D eigenvalue weighted by atomic mass is 10.0. The Labute approximate surface area is 125 Å². The van der Waals surface area contributed by atoms with Crippen LogP contribution in [0.25, 0.3) is 0 Å². The molecule has 0 saturated carbocycles. The number of anilines is 1. The number of ketones is 1. The van der Waals surface area contributed by atoms with Crippen LogP contribution in [0.5, 0.6) is 5.75 Å². The van der Waals surface area contributed by atoms with E-state index in [2.05, 4.69) is 6.92 Å². The lowest BCUT2D eigenvalue weighted by Gasteiger charge is -2.16. The van der Waals surface area contributed by atoms with E-state index in [-0.39, 0.29) is 5.78 Å². The van der Waals surface area contributed by atoms with Gasteiger partial charge in [-0.2, -0.15) is 0 Å². The molecular weight excluding hydrogens is 262 g/mol. The summed E-state index contributed by atoms with van der Waals surface area (Å²) in [5, 5.41) is 0. The minimum absolute atomic E-state index is 0.0111. The van der Waals surface area contributed by atoms with Gasteiger partial charge in [0.15, 0.2) is 6.10 Å². The SMILES string of the molecule is CCc1ccc(C(=O)C(CC)Oc2ccc(N)cc2)cc1. The minimum atomic E-state index is -0.471. The van der Waals surface area contributed by atoms with Gasteiger partial charge in [0.25, 0.3) is 0 Å². The Bertz CT molecular complexity index is 588. The van der Waals surface area contributed by atoms with E-state index in [0.29, 0.717) is 23.4 Å². The van der Waals surface area contributed by atoms with Crippen LogP contribution in [-0.4, -0.2) is 11.9 Å². The topological polar surface area (TPSA) is 52.3 Å². The molecule has 1 unspecified atom stereocenters. The summed E-state index contributed by atoms with van der Waals surface area (Å²) >= 11 is 0. The number of aryl methyl sites for hydroxylation is 1. The average Bonchev–Trinajstić information content (AvgIpc) is 2.54. The van der Waals surface area contributed by atoms with E-state index in [1.54, 1.807) is 24.3 Å². The van der Waals surface area contributed by atoms with E-state index in [9.17, 15) is 4.79 Å². The zero-order valence-corrected chi connectivity index (χ0v) is 12.5. The van der Waals surface area contributed by atoms with E-state index in [0.717, 1.165) is 6.42 Å². The monoisotopic (exact) mass is 283 g/mol. The number of benzene rings is 2. The number of nitrogens with two attached hydrogens (primary N) is 1. The Morgan fingerprint density at radius 1 is 1.05 bits per heavy atom. The molecule has 3 heteroatoms. The predicted molar refractivity (Wildman–Crippen MR) is 85.7 cm³/mol. The van der Waals surface area contributed by atoms with Gasteiger partial charge in [-0.1, -0.05) is 38.1 Å². The smallest absolute Gasteiger partial charge is 0.203 e. The van der Waals surface area contributed by atoms with Gasteiger partial charge in [0.1, 0.15) is 5.75 Å². The fourth-order valence-corrected chi connectivity index (χ4v) is 2.12. The summed E-state index contributed by atoms with van der Waals surface area (Å²) in [6.45, 7) is 4.04. The van der Waals surface area contributed by atoms with Gasteiger partial charge in [-0.05, 0) is 42.7 Å². The van der Waals surface area contributed by atoms with Crippen molar-refractivity contribution in [1.29, 1.82) is 0 Å². The highest BCUT2D eigenvalue weighted by molar-refractivity contribution is 5.99. The first-order valence-corrected chi connectivity index (χ1v) is 7.29. The standard InChI is InChI=1S/C18H21NO2/c1-3-13-5-7-14(8-6-13)18(20)17(4-2)21-16-11-9-15(19)10-12-16/h5-12,17H,3-4,19H2,1-2H3. The zero-order valence-electron chi connectivity index (χ0n) is 12.5. The average molecular weight is 283 g/mol. The maximum atomic E-state index is 12.5. The summed E-state index contributed by atoms with van der Waals surface area (Å²) in [5.41, 5.74) is 8.23. The number of ether oxygens (including phenoxy) is 1. The van der Waals surface area contributed by atoms with Gasteiger partial charge in [-0.3, -0.25) is 4.79 Å². The molecule has 0 amide bonds. The van der Waals surface area contributed by atoms with Crippen molar-refractivity contribution in [2.24, 2.45) is 0 Å². The van der Waals surface area contributed by atoms with Gasteiger partial charge >= 0.3 is 0 Å². The van der Waals surface area contributed by atoms with E-state index in [1.165, 1.54) is 5.56 Å². The molecule has 2 N–H and O–H groups in total. The Hall–Kier alpha value is -2.29. The molecule has 0 radical (unpaired) electrons. The molecule has 0 heterocycles. The fourth-order valence-electron chi connectivity index (χ4n) is 2.12. The highest BCUT2D eigenvalue weighted by Crippen LogP contribution is 2.18. The van der Waals surface area contributed by atoms with Crippen LogP contribution < -0.4 is 10.5 Å². The lowest BCUT2D eigenvalue weighted by molar-refractivity contribution is 0.0786. The van der Waals surface area contributed by atoms with Crippen molar-refractivity contribution in [3.05, 3.63) is 59.7 Å². The van der Waals surface area contributed by atoms with Gasteiger partial charge in [-0.15, -0.1) is 0 Å². The summed E-state index contributed by atoms with van der Waals surface area (Å²) < 4.78 is 5.79. The number of carbonyl (C=O) groups excluding carboxylic acids is 1. The molecule has 0 aliphatic heterocycles. The van der Waals surface area contributed by atoms with E-state index in [4.69, 9.17) is 10.5 Å². The van der Waals surface area contributed by atoms with E-state index >= 15 is 0 Å². The summed E-state index contributed by atoms with van der Waals surface area (Å²) in [6, 6.07) is 14.8. The largest absolute Gasteiger partial charge is 0.482 e. The Kier molecular flexibility index (Phi) is 4.99. The summed E-state index contributed by atoms with van der Waals surface area (Å²) in [6.07, 6.45) is 1.12. The summed E-state index contributed by atoms with van der Waals surface area (Å²) in [7, 11) is 0. The molecule has 2 rings (SSSR count). The third-order valence-electron chi connectivity index (χ3n) is 3.47. The normalized spacial score (nSPS) is 11.9. The van der Waals surface area contributed by atoms with Crippen molar-refractivity contribution in [3.8, 4) is 5.75 Å². The van der Waals surface area contributed by atoms with Crippen LogP contribution in [-0.2, 0) is 6.42 Å². The van der Waals surface area contributed by atoms with Crippen molar-refractivity contribution in [2.75, 3.05) is 5.73 Å². The van der Waals surface area contributed by atoms with Crippen LogP contribution >= 0.6 is 0 Å². The lowest BCUT2D eigenvalue weighted by Crippen LogP contribution is -2.26. The Morgan fingerprint density at radius 3 is 2.19 bits per heavy atom. The quantitative estimate of drug-likeness (QED) is 0.646. The number of carbonyl (C=O) groups is 1. The molecule has 0 aromatic heterocycles. The first kappa shape index (κ1) is 15.1. The molecule has 110 valence electrons. The van der Waals surface area contributed by atoms with Crippen molar-refractivity contribution in [3.63, 3.8) is 0 Å². The zero-order chi connectivity index (χ0) is 15.2. The van der Waals surface area contributed by atoms with Crippen molar-refractivity contribution in [1.82, 2.24) is 0 Å². The van der Waals surface area contributed by atoms with E-state index in [1.807, 2.05) is 31.2 Å². The molecule has 1 atom stereocenters. The molecule has 21 heavy (non-hydrogen) atoms. The summed E-state index contributed by atoms with van der Waals surface area (Å²) in [4.78, 5) is 12.5. The number of nitrogen functional groups attached to an aromatic ring is 1. The van der Waals surface area contributed by atoms with Crippen LogP contribution in [0.15, 0.2) is 48.5 Å². The van der Waals surface area contributed by atoms with Crippen molar-refractivity contribution < 1.29 is 9.53 Å². The van der Waals surface area contributed by atoms with Crippen molar-refractivity contribution >= 4 is 11.5 Å². The highest BCUT2D eigenvalue weighted by Gasteiger charge is 2.20. The maximum absolute atomic E-state index is 12.5. The van der Waals surface area contributed by atoms with Crippen LogP contribution in [0, 0.1) is 0 Å². The Balaban J connectivity index is 2.12. The molecule has 0 aliphatic rings. The van der Waals surface area contributed by atoms with Crippen molar-refractivity contribution in [2.45, 2.75) is 32.8 Å². The van der Waals surface area contributed by atoms with E-state index < -0.39 is 6.10 Å². The minimum Gasteiger partial charge on any atom is -0.482 e. The van der Waals surface area contributed by atoms with Crippen LogP contribution in [0.3, 0.4) is 0 Å². The van der Waals surface area contributed by atoms with Crippen LogP contribution in [0.1, 0.15) is 36.2 Å². The van der Waals surface area contributed by atoms with Crippen LogP contribution in [0.4, 0.5) is 5.69 Å². The fraction of sp³-hybridized carbons (Fsp3) is 0.278. The Morgan fingerprint density at radius 2 is 1.67 bits per heavy atom. The molecule has 0 aliphatic carbocycles. The predicted octanol–water partition coefficient (Wildman–Crippen LogP) is 3.87. The first-order chi connectivity index (χ1) is 10.1. The number of hydrogen-bond donors (Lipinski definition) is 1. The molecule has 0 spiro atoms. The molecule has 3 nitrogen and oxygen atoms in total. The molecule has 0 fully saturated rings. The molecule has 0 bridgehead atoms. The number of Topliss-reactive ketones (excluding diaryl/α,β-unsaturated/α-hetero) is 1. The second kappa shape index (κ2) is 6.93. The van der Waals surface area contributed by atoms with Gasteiger partial charge in [-0.25, -0.2) is 0 Å². The van der Waals surface area contributed by atoms with Crippen LogP contribution in [0.2, 0.25) is 0 Å². The molecule has 2 aromatic carbocycles. The maximum Gasteiger partial charge on any atom is 0.203 e. The molecule has 0 saturated heterocycles. The van der Waals surface area contributed by atoms with Gasteiger partial charge in [0, 0.05) is 11.3 Å². The number of rotatable bonds is 6. The molecule has 2 aromatic rings. The summed E-state index contributed by atoms with van der Waals surface area (Å²) in [5.74, 6) is 0.673. The highest BCUT2D eigenvalue weighted by atomic mass is 16.5. The first-order valence-electron chi connectivity index (χ1n) is 7.29. The third kappa shape index (κ3) is 3.85. The third-order valence-corrected chi connectivity index (χ3v) is 3.47. The van der Waals surface area contributed by atoms with Gasteiger partial charge in [0.2, 0.25) is 5.78 Å². The second-order valence-electron chi connectivity index (χ2n) is 5.00.